The van der Waals surface area contributed by atoms with Crippen molar-refractivity contribution in [2.24, 2.45) is 0 Å². The second-order valence-corrected chi connectivity index (χ2v) is 6.23. The first-order valence-corrected chi connectivity index (χ1v) is 7.55. The molecule has 2 rings (SSSR count). The number of hydrogen-bond donors (Lipinski definition) is 1. The van der Waals surface area contributed by atoms with Crippen molar-refractivity contribution >= 4 is 0 Å². The number of benzene rings is 1. The molecule has 0 spiro atoms. The Labute approximate surface area is 117 Å². The van der Waals surface area contributed by atoms with Crippen LogP contribution in [0.3, 0.4) is 0 Å². The number of nitrogens with one attached hydrogen (secondary N) is 1. The largest absolute Gasteiger partial charge is 0.490 e. The van der Waals surface area contributed by atoms with Crippen LogP contribution in [0, 0.1) is 0 Å². The number of rotatable bonds is 6. The molecule has 0 heterocycles. The predicted molar refractivity (Wildman–Crippen MR) is 80.9 cm³/mol. The van der Waals surface area contributed by atoms with Gasteiger partial charge >= 0.3 is 0 Å². The second-order valence-electron chi connectivity index (χ2n) is 6.23. The molecular weight excluding hydrogens is 234 g/mol. The van der Waals surface area contributed by atoms with Gasteiger partial charge in [0, 0.05) is 6.04 Å². The van der Waals surface area contributed by atoms with Crippen molar-refractivity contribution in [2.75, 3.05) is 6.54 Å². The molecule has 1 aromatic carbocycles. The van der Waals surface area contributed by atoms with E-state index in [0.717, 1.165) is 31.6 Å². The maximum absolute atomic E-state index is 5.99. The molecule has 0 atom stereocenters. The molecule has 1 fully saturated rings. The highest BCUT2D eigenvalue weighted by molar-refractivity contribution is 5.31. The first kappa shape index (κ1) is 14.4. The fourth-order valence-corrected chi connectivity index (χ4v) is 2.50. The van der Waals surface area contributed by atoms with Gasteiger partial charge in [0.25, 0.3) is 0 Å². The van der Waals surface area contributed by atoms with Gasteiger partial charge in [0.2, 0.25) is 0 Å². The van der Waals surface area contributed by atoms with Gasteiger partial charge in [-0.25, -0.2) is 0 Å². The van der Waals surface area contributed by atoms with Gasteiger partial charge in [-0.3, -0.25) is 0 Å². The van der Waals surface area contributed by atoms with Crippen molar-refractivity contribution < 1.29 is 4.74 Å². The lowest BCUT2D eigenvalue weighted by Crippen LogP contribution is -2.46. The minimum atomic E-state index is 0.255. The molecule has 1 aromatic rings. The molecule has 1 N–H and O–H groups in total. The van der Waals surface area contributed by atoms with E-state index in [2.05, 4.69) is 57.3 Å². The zero-order valence-electron chi connectivity index (χ0n) is 12.7. The van der Waals surface area contributed by atoms with E-state index in [9.17, 15) is 0 Å². The average Bonchev–Trinajstić information content (AvgIpc) is 2.37. The fraction of sp³-hybridized carbons (Fsp3) is 0.647. The Bertz CT molecular complexity index is 390. The Hall–Kier alpha value is -1.02. The zero-order chi connectivity index (χ0) is 13.9. The Balaban J connectivity index is 1.87. The summed E-state index contributed by atoms with van der Waals surface area (Å²) < 4.78 is 5.99. The Kier molecular flexibility index (Phi) is 4.51. The first-order chi connectivity index (χ1) is 9.05. The highest BCUT2D eigenvalue weighted by Gasteiger charge is 2.30. The van der Waals surface area contributed by atoms with E-state index in [0.29, 0.717) is 12.1 Å². The number of hydrogen-bond acceptors (Lipinski definition) is 2. The van der Waals surface area contributed by atoms with Gasteiger partial charge in [0.1, 0.15) is 11.9 Å². The van der Waals surface area contributed by atoms with Crippen LogP contribution in [0.5, 0.6) is 5.75 Å². The Morgan fingerprint density at radius 2 is 1.79 bits per heavy atom. The van der Waals surface area contributed by atoms with Crippen LogP contribution in [0.15, 0.2) is 24.3 Å². The standard InChI is InChI=1S/C17H27NO/c1-5-17(3,4)13-7-9-15(10-8-13)19-16-11-14(12-16)18-6-2/h7-10,14,16,18H,5-6,11-12H2,1-4H3. The van der Waals surface area contributed by atoms with E-state index >= 15 is 0 Å². The predicted octanol–water partition coefficient (Wildman–Crippen LogP) is 3.89. The van der Waals surface area contributed by atoms with E-state index in [-0.39, 0.29) is 5.41 Å². The third kappa shape index (κ3) is 3.50. The van der Waals surface area contributed by atoms with Gasteiger partial charge in [0.05, 0.1) is 0 Å². The summed E-state index contributed by atoms with van der Waals surface area (Å²) in [6.07, 6.45) is 3.82. The molecule has 0 amide bonds. The molecule has 1 aliphatic rings. The maximum Gasteiger partial charge on any atom is 0.119 e. The van der Waals surface area contributed by atoms with Crippen molar-refractivity contribution in [2.45, 2.75) is 64.5 Å². The maximum atomic E-state index is 5.99. The van der Waals surface area contributed by atoms with E-state index in [1.165, 1.54) is 5.56 Å². The van der Waals surface area contributed by atoms with Gasteiger partial charge in [-0.2, -0.15) is 0 Å². The van der Waals surface area contributed by atoms with E-state index < -0.39 is 0 Å². The molecule has 2 heteroatoms. The highest BCUT2D eigenvalue weighted by Crippen LogP contribution is 2.30. The van der Waals surface area contributed by atoms with Gasteiger partial charge in [0.15, 0.2) is 0 Å². The van der Waals surface area contributed by atoms with Crippen molar-refractivity contribution in [3.63, 3.8) is 0 Å². The summed E-state index contributed by atoms with van der Waals surface area (Å²) in [5.74, 6) is 1.01. The van der Waals surface area contributed by atoms with Gasteiger partial charge in [-0.15, -0.1) is 0 Å². The van der Waals surface area contributed by atoms with Crippen LogP contribution in [0.4, 0.5) is 0 Å². The van der Waals surface area contributed by atoms with E-state index in [1.807, 2.05) is 0 Å². The quantitative estimate of drug-likeness (QED) is 0.838. The van der Waals surface area contributed by atoms with Crippen LogP contribution < -0.4 is 10.1 Å². The minimum absolute atomic E-state index is 0.255. The molecule has 0 aromatic heterocycles. The van der Waals surface area contributed by atoms with Crippen LogP contribution in [0.1, 0.15) is 52.5 Å². The Morgan fingerprint density at radius 1 is 1.16 bits per heavy atom. The molecule has 0 radical (unpaired) electrons. The lowest BCUT2D eigenvalue weighted by Gasteiger charge is -2.36. The topological polar surface area (TPSA) is 21.3 Å². The fourth-order valence-electron chi connectivity index (χ4n) is 2.50. The SMILES string of the molecule is CCNC1CC(Oc2ccc(C(C)(C)CC)cc2)C1. The summed E-state index contributed by atoms with van der Waals surface area (Å²) in [6, 6.07) is 9.31. The van der Waals surface area contributed by atoms with Crippen molar-refractivity contribution in [1.82, 2.24) is 5.32 Å². The van der Waals surface area contributed by atoms with Gasteiger partial charge in [-0.1, -0.05) is 39.8 Å². The molecule has 19 heavy (non-hydrogen) atoms. The van der Waals surface area contributed by atoms with Crippen molar-refractivity contribution in [3.8, 4) is 5.75 Å². The van der Waals surface area contributed by atoms with Gasteiger partial charge in [-0.05, 0) is 48.9 Å². The van der Waals surface area contributed by atoms with Gasteiger partial charge < -0.3 is 10.1 Å². The second kappa shape index (κ2) is 5.96. The first-order valence-electron chi connectivity index (χ1n) is 7.55. The number of ether oxygens (including phenoxy) is 1. The molecule has 0 bridgehead atoms. The summed E-state index contributed by atoms with van der Waals surface area (Å²) in [5.41, 5.74) is 1.65. The summed E-state index contributed by atoms with van der Waals surface area (Å²) in [4.78, 5) is 0. The third-order valence-electron chi connectivity index (χ3n) is 4.41. The smallest absolute Gasteiger partial charge is 0.119 e. The summed E-state index contributed by atoms with van der Waals surface area (Å²) in [7, 11) is 0. The molecule has 2 nitrogen and oxygen atoms in total. The van der Waals surface area contributed by atoms with E-state index in [1.54, 1.807) is 0 Å². The molecule has 0 saturated heterocycles. The summed E-state index contributed by atoms with van der Waals surface area (Å²) in [6.45, 7) is 10.0. The van der Waals surface area contributed by atoms with Crippen LogP contribution in [-0.4, -0.2) is 18.7 Å². The normalized spacial score (nSPS) is 22.9. The molecular formula is C17H27NO. The van der Waals surface area contributed by atoms with Crippen molar-refractivity contribution in [1.29, 1.82) is 0 Å². The van der Waals surface area contributed by atoms with Crippen LogP contribution in [0.25, 0.3) is 0 Å². The van der Waals surface area contributed by atoms with Crippen LogP contribution >= 0.6 is 0 Å². The lowest BCUT2D eigenvalue weighted by molar-refractivity contribution is 0.0859. The zero-order valence-corrected chi connectivity index (χ0v) is 12.7. The third-order valence-corrected chi connectivity index (χ3v) is 4.41. The van der Waals surface area contributed by atoms with Crippen LogP contribution in [0.2, 0.25) is 0 Å². The molecule has 1 saturated carbocycles. The average molecular weight is 261 g/mol. The minimum Gasteiger partial charge on any atom is -0.490 e. The summed E-state index contributed by atoms with van der Waals surface area (Å²) >= 11 is 0. The van der Waals surface area contributed by atoms with Crippen molar-refractivity contribution in [3.05, 3.63) is 29.8 Å². The summed E-state index contributed by atoms with van der Waals surface area (Å²) in [5, 5.41) is 3.45. The molecule has 1 aliphatic carbocycles. The molecule has 0 aliphatic heterocycles. The highest BCUT2D eigenvalue weighted by atomic mass is 16.5. The molecule has 0 unspecified atom stereocenters. The Morgan fingerprint density at radius 3 is 2.32 bits per heavy atom. The van der Waals surface area contributed by atoms with E-state index in [4.69, 9.17) is 4.74 Å². The monoisotopic (exact) mass is 261 g/mol. The van der Waals surface area contributed by atoms with Crippen LogP contribution in [-0.2, 0) is 5.41 Å². The molecule has 106 valence electrons. The lowest BCUT2D eigenvalue weighted by atomic mass is 9.82.